The van der Waals surface area contributed by atoms with Crippen molar-refractivity contribution >= 4 is 17.7 Å². The van der Waals surface area contributed by atoms with E-state index >= 15 is 0 Å². The number of alkyl halides is 3. The van der Waals surface area contributed by atoms with Crippen molar-refractivity contribution in [2.45, 2.75) is 20.0 Å². The van der Waals surface area contributed by atoms with Crippen molar-refractivity contribution in [3.63, 3.8) is 0 Å². The topological polar surface area (TPSA) is 77.2 Å². The number of carbonyl (C=O) groups excluding carboxylic acids is 1. The van der Waals surface area contributed by atoms with Crippen LogP contribution in [0.4, 0.5) is 24.5 Å². The van der Waals surface area contributed by atoms with E-state index in [9.17, 15) is 28.1 Å². The summed E-state index contributed by atoms with van der Waals surface area (Å²) in [7, 11) is 0. The molecule has 0 spiro atoms. The minimum Gasteiger partial charge on any atom is -0.298 e. The molecule has 9 heteroatoms. The van der Waals surface area contributed by atoms with E-state index in [0.29, 0.717) is 29.3 Å². The van der Waals surface area contributed by atoms with Crippen LogP contribution in [0.15, 0.2) is 24.3 Å². The Morgan fingerprint density at radius 1 is 1.26 bits per heavy atom. The van der Waals surface area contributed by atoms with Crippen LogP contribution >= 0.6 is 0 Å². The Balaban J connectivity index is 2.50. The first-order chi connectivity index (χ1) is 10.6. The summed E-state index contributed by atoms with van der Waals surface area (Å²) in [6.07, 6.45) is -4.05. The normalized spacial score (nSPS) is 11.3. The van der Waals surface area contributed by atoms with Gasteiger partial charge in [-0.1, -0.05) is 0 Å². The standard InChI is InChI=1S/C14H12F3N3O3/c1-8-5-10(7-21)9(2)19(8)18-12-4-3-11(14(15,16)17)6-13(12)20(22)23/h3-7,18H,1-2H3. The molecule has 1 heterocycles. The number of nitrogens with one attached hydrogen (secondary N) is 1. The molecular formula is C14H12F3N3O3. The first kappa shape index (κ1) is 16.5. The molecule has 0 atom stereocenters. The van der Waals surface area contributed by atoms with E-state index in [1.165, 1.54) is 4.68 Å². The Bertz CT molecular complexity index is 782. The van der Waals surface area contributed by atoms with Crippen LogP contribution in [0.25, 0.3) is 0 Å². The maximum absolute atomic E-state index is 12.7. The zero-order chi connectivity index (χ0) is 17.4. The zero-order valence-corrected chi connectivity index (χ0v) is 12.1. The summed E-state index contributed by atoms with van der Waals surface area (Å²) in [5.74, 6) is 0. The van der Waals surface area contributed by atoms with Crippen LogP contribution < -0.4 is 5.43 Å². The molecule has 0 aliphatic carbocycles. The van der Waals surface area contributed by atoms with Crippen LogP contribution in [0.1, 0.15) is 27.3 Å². The molecule has 0 saturated heterocycles. The van der Waals surface area contributed by atoms with Gasteiger partial charge in [-0.3, -0.25) is 25.0 Å². The Labute approximate surface area is 128 Å². The van der Waals surface area contributed by atoms with Crippen LogP contribution in [0, 0.1) is 24.0 Å². The lowest BCUT2D eigenvalue weighted by Gasteiger charge is -2.14. The number of carbonyl (C=O) groups is 1. The number of anilines is 1. The van der Waals surface area contributed by atoms with E-state index in [1.807, 2.05) is 0 Å². The van der Waals surface area contributed by atoms with Crippen molar-refractivity contribution in [1.82, 2.24) is 4.68 Å². The molecule has 0 aliphatic heterocycles. The fourth-order valence-electron chi connectivity index (χ4n) is 2.15. The fourth-order valence-corrected chi connectivity index (χ4v) is 2.15. The molecule has 0 saturated carbocycles. The maximum atomic E-state index is 12.7. The van der Waals surface area contributed by atoms with E-state index < -0.39 is 22.4 Å². The molecular weight excluding hydrogens is 315 g/mol. The largest absolute Gasteiger partial charge is 0.416 e. The highest BCUT2D eigenvalue weighted by Crippen LogP contribution is 2.35. The van der Waals surface area contributed by atoms with Crippen LogP contribution in [0.3, 0.4) is 0 Å². The lowest BCUT2D eigenvalue weighted by atomic mass is 10.1. The summed E-state index contributed by atoms with van der Waals surface area (Å²) in [6, 6.07) is 3.77. The van der Waals surface area contributed by atoms with Gasteiger partial charge in [0.25, 0.3) is 5.69 Å². The molecule has 23 heavy (non-hydrogen) atoms. The van der Waals surface area contributed by atoms with Crippen LogP contribution in [0.5, 0.6) is 0 Å². The molecule has 0 unspecified atom stereocenters. The van der Waals surface area contributed by atoms with E-state index in [2.05, 4.69) is 5.43 Å². The molecule has 1 aromatic heterocycles. The third kappa shape index (κ3) is 3.17. The van der Waals surface area contributed by atoms with Crippen LogP contribution in [0.2, 0.25) is 0 Å². The van der Waals surface area contributed by atoms with Gasteiger partial charge in [-0.05, 0) is 32.0 Å². The number of aldehydes is 1. The van der Waals surface area contributed by atoms with Gasteiger partial charge >= 0.3 is 6.18 Å². The second-order valence-corrected chi connectivity index (χ2v) is 4.88. The minimum absolute atomic E-state index is 0.109. The Morgan fingerprint density at radius 2 is 1.91 bits per heavy atom. The molecule has 122 valence electrons. The summed E-state index contributed by atoms with van der Waals surface area (Å²) in [5.41, 5.74) is 2.20. The monoisotopic (exact) mass is 327 g/mol. The predicted molar refractivity (Wildman–Crippen MR) is 76.4 cm³/mol. The molecule has 2 rings (SSSR count). The van der Waals surface area contributed by atoms with Gasteiger partial charge in [0, 0.05) is 23.0 Å². The van der Waals surface area contributed by atoms with Crippen molar-refractivity contribution in [1.29, 1.82) is 0 Å². The Kier molecular flexibility index (Phi) is 4.13. The van der Waals surface area contributed by atoms with Gasteiger partial charge in [-0.15, -0.1) is 0 Å². The number of benzene rings is 1. The minimum atomic E-state index is -4.67. The first-order valence-corrected chi connectivity index (χ1v) is 6.42. The van der Waals surface area contributed by atoms with Crippen LogP contribution in [-0.4, -0.2) is 15.9 Å². The second-order valence-electron chi connectivity index (χ2n) is 4.88. The van der Waals surface area contributed by atoms with E-state index in [-0.39, 0.29) is 5.69 Å². The number of aryl methyl sites for hydroxylation is 1. The molecule has 0 bridgehead atoms. The molecule has 0 fully saturated rings. The van der Waals surface area contributed by atoms with Crippen molar-refractivity contribution < 1.29 is 22.9 Å². The van der Waals surface area contributed by atoms with Gasteiger partial charge in [-0.2, -0.15) is 13.2 Å². The Morgan fingerprint density at radius 3 is 2.39 bits per heavy atom. The number of hydrogen-bond donors (Lipinski definition) is 1. The average molecular weight is 327 g/mol. The predicted octanol–water partition coefficient (Wildman–Crippen LogP) is 3.72. The van der Waals surface area contributed by atoms with Crippen molar-refractivity contribution in [3.8, 4) is 0 Å². The summed E-state index contributed by atoms with van der Waals surface area (Å²) in [4.78, 5) is 21.1. The summed E-state index contributed by atoms with van der Waals surface area (Å²) in [6.45, 7) is 3.27. The number of hydrogen-bond acceptors (Lipinski definition) is 4. The highest BCUT2D eigenvalue weighted by molar-refractivity contribution is 5.77. The fraction of sp³-hybridized carbons (Fsp3) is 0.214. The molecule has 1 N–H and O–H groups in total. The maximum Gasteiger partial charge on any atom is 0.416 e. The van der Waals surface area contributed by atoms with Gasteiger partial charge in [-0.25, -0.2) is 0 Å². The third-order valence-corrected chi connectivity index (χ3v) is 3.35. The number of rotatable bonds is 4. The second kappa shape index (κ2) is 5.75. The Hall–Kier alpha value is -2.84. The lowest BCUT2D eigenvalue weighted by molar-refractivity contribution is -0.384. The highest BCUT2D eigenvalue weighted by atomic mass is 19.4. The molecule has 0 radical (unpaired) electrons. The molecule has 0 aliphatic rings. The average Bonchev–Trinajstić information content (AvgIpc) is 2.73. The van der Waals surface area contributed by atoms with Gasteiger partial charge < -0.3 is 0 Å². The van der Waals surface area contributed by atoms with Crippen molar-refractivity contribution in [2.24, 2.45) is 0 Å². The third-order valence-electron chi connectivity index (χ3n) is 3.35. The van der Waals surface area contributed by atoms with Gasteiger partial charge in [0.1, 0.15) is 5.69 Å². The number of nitrogens with zero attached hydrogens (tertiary/aromatic N) is 2. The number of nitro groups is 1. The quantitative estimate of drug-likeness (QED) is 0.527. The number of nitro benzene ring substituents is 1. The van der Waals surface area contributed by atoms with E-state index in [0.717, 1.165) is 12.1 Å². The van der Waals surface area contributed by atoms with Crippen molar-refractivity contribution in [3.05, 3.63) is 56.9 Å². The summed E-state index contributed by atoms with van der Waals surface area (Å²) < 4.78 is 39.4. The number of halogens is 3. The van der Waals surface area contributed by atoms with Gasteiger partial charge in [0.15, 0.2) is 6.29 Å². The molecule has 0 amide bonds. The first-order valence-electron chi connectivity index (χ1n) is 6.42. The molecule has 1 aromatic carbocycles. The van der Waals surface area contributed by atoms with Crippen LogP contribution in [-0.2, 0) is 6.18 Å². The van der Waals surface area contributed by atoms with E-state index in [4.69, 9.17) is 0 Å². The number of aromatic nitrogens is 1. The molecule has 6 nitrogen and oxygen atoms in total. The summed E-state index contributed by atoms with van der Waals surface area (Å²) in [5, 5.41) is 11.1. The summed E-state index contributed by atoms with van der Waals surface area (Å²) >= 11 is 0. The molecule has 2 aromatic rings. The van der Waals surface area contributed by atoms with Crippen molar-refractivity contribution in [2.75, 3.05) is 5.43 Å². The smallest absolute Gasteiger partial charge is 0.298 e. The highest BCUT2D eigenvalue weighted by Gasteiger charge is 2.33. The van der Waals surface area contributed by atoms with Gasteiger partial charge in [0.2, 0.25) is 0 Å². The van der Waals surface area contributed by atoms with E-state index in [1.54, 1.807) is 19.9 Å². The zero-order valence-electron chi connectivity index (χ0n) is 12.1. The van der Waals surface area contributed by atoms with Gasteiger partial charge in [0.05, 0.1) is 10.5 Å². The lowest BCUT2D eigenvalue weighted by Crippen LogP contribution is -2.15. The SMILES string of the molecule is Cc1cc(C=O)c(C)n1Nc1ccc(C(F)(F)F)cc1[N+](=O)[O-].